The molecular weight excluding hydrogens is 260 g/mol. The average molecular weight is 278 g/mol. The smallest absolute Gasteiger partial charge is 0.278 e. The average Bonchev–Trinajstić information content (AvgIpc) is 2.48. The molecule has 1 aromatic rings. The minimum Gasteiger partial charge on any atom is -0.378 e. The molecule has 2 rings (SSSR count). The van der Waals surface area contributed by atoms with E-state index in [2.05, 4.69) is 5.32 Å². The Morgan fingerprint density at radius 3 is 2.63 bits per heavy atom. The summed E-state index contributed by atoms with van der Waals surface area (Å²) >= 11 is 5.19. The largest absolute Gasteiger partial charge is 0.378 e. The van der Waals surface area contributed by atoms with Crippen LogP contribution < -0.4 is 5.32 Å². The van der Waals surface area contributed by atoms with Gasteiger partial charge in [-0.1, -0.05) is 42.5 Å². The van der Waals surface area contributed by atoms with Crippen molar-refractivity contribution in [3.63, 3.8) is 0 Å². The second kappa shape index (κ2) is 7.21. The number of ether oxygens (including phenoxy) is 1. The molecule has 1 N–H and O–H groups in total. The zero-order valence-electron chi connectivity index (χ0n) is 10.8. The second-order valence-electron chi connectivity index (χ2n) is 4.40. The van der Waals surface area contributed by atoms with Gasteiger partial charge in [0.1, 0.15) is 0 Å². The van der Waals surface area contributed by atoms with Crippen LogP contribution in [0, 0.1) is 0 Å². The maximum atomic E-state index is 11.9. The zero-order valence-corrected chi connectivity index (χ0v) is 11.6. The van der Waals surface area contributed by atoms with Gasteiger partial charge in [0.25, 0.3) is 5.91 Å². The fourth-order valence-corrected chi connectivity index (χ4v) is 2.21. The van der Waals surface area contributed by atoms with E-state index in [1.54, 1.807) is 0 Å². The van der Waals surface area contributed by atoms with Gasteiger partial charge in [-0.3, -0.25) is 4.79 Å². The van der Waals surface area contributed by atoms with Crippen molar-refractivity contribution < 1.29 is 9.53 Å². The van der Waals surface area contributed by atoms with E-state index in [1.165, 1.54) is 5.56 Å². The molecule has 1 fully saturated rings. The first-order chi connectivity index (χ1) is 9.27. The van der Waals surface area contributed by atoms with Crippen LogP contribution >= 0.6 is 12.2 Å². The van der Waals surface area contributed by atoms with Crippen molar-refractivity contribution in [2.45, 2.75) is 6.42 Å². The number of hydrogen-bond acceptors (Lipinski definition) is 3. The third kappa shape index (κ3) is 4.29. The van der Waals surface area contributed by atoms with Gasteiger partial charge in [0.2, 0.25) is 0 Å². The number of benzene rings is 1. The minimum atomic E-state index is -0.159. The Hall–Kier alpha value is -1.46. The van der Waals surface area contributed by atoms with Crippen molar-refractivity contribution >= 4 is 23.1 Å². The summed E-state index contributed by atoms with van der Waals surface area (Å²) < 4.78 is 5.24. The highest BCUT2D eigenvalue weighted by Crippen LogP contribution is 2.00. The summed E-state index contributed by atoms with van der Waals surface area (Å²) in [5.41, 5.74) is 1.21. The van der Waals surface area contributed by atoms with Gasteiger partial charge in [0.05, 0.1) is 13.2 Å². The molecule has 0 aliphatic carbocycles. The molecule has 0 saturated carbocycles. The molecule has 19 heavy (non-hydrogen) atoms. The van der Waals surface area contributed by atoms with Crippen LogP contribution in [0.4, 0.5) is 0 Å². The van der Waals surface area contributed by atoms with Crippen molar-refractivity contribution in [3.8, 4) is 0 Å². The summed E-state index contributed by atoms with van der Waals surface area (Å²) in [6.45, 7) is 3.28. The number of morpholine rings is 1. The van der Waals surface area contributed by atoms with Gasteiger partial charge in [0.15, 0.2) is 4.99 Å². The quantitative estimate of drug-likeness (QED) is 0.838. The van der Waals surface area contributed by atoms with E-state index < -0.39 is 0 Å². The van der Waals surface area contributed by atoms with Crippen LogP contribution in [0.2, 0.25) is 0 Å². The zero-order chi connectivity index (χ0) is 13.5. The predicted molar refractivity (Wildman–Crippen MR) is 78.1 cm³/mol. The molecule has 1 aromatic carbocycles. The van der Waals surface area contributed by atoms with Gasteiger partial charge in [0, 0.05) is 19.6 Å². The minimum absolute atomic E-state index is 0.159. The summed E-state index contributed by atoms with van der Waals surface area (Å²) in [5, 5.41) is 2.87. The van der Waals surface area contributed by atoms with E-state index in [9.17, 15) is 4.79 Å². The lowest BCUT2D eigenvalue weighted by molar-refractivity contribution is -0.115. The Bertz CT molecular complexity index is 430. The summed E-state index contributed by atoms with van der Waals surface area (Å²) in [7, 11) is 0. The normalized spacial score (nSPS) is 15.1. The third-order valence-corrected chi connectivity index (χ3v) is 3.48. The van der Waals surface area contributed by atoms with Crippen LogP contribution in [0.5, 0.6) is 0 Å². The van der Waals surface area contributed by atoms with E-state index in [-0.39, 0.29) is 5.91 Å². The van der Waals surface area contributed by atoms with E-state index in [1.807, 2.05) is 35.2 Å². The molecule has 0 spiro atoms. The molecule has 1 amide bonds. The molecule has 0 bridgehead atoms. The first-order valence-electron chi connectivity index (χ1n) is 6.46. The summed E-state index contributed by atoms with van der Waals surface area (Å²) in [5.74, 6) is -0.159. The van der Waals surface area contributed by atoms with Crippen LogP contribution in [-0.2, 0) is 16.0 Å². The Kier molecular flexibility index (Phi) is 5.30. The van der Waals surface area contributed by atoms with Crippen molar-refractivity contribution in [3.05, 3.63) is 35.9 Å². The lowest BCUT2D eigenvalue weighted by Gasteiger charge is -2.28. The van der Waals surface area contributed by atoms with Gasteiger partial charge >= 0.3 is 0 Å². The van der Waals surface area contributed by atoms with Crippen molar-refractivity contribution in [1.82, 2.24) is 10.2 Å². The van der Waals surface area contributed by atoms with Crippen LogP contribution in [0.1, 0.15) is 5.56 Å². The molecular formula is C14H18N2O2S. The standard InChI is InChI=1S/C14H18N2O2S/c17-13(14(19)16-8-10-18-11-9-16)15-7-6-12-4-2-1-3-5-12/h1-5H,6-11H2,(H,15,17). The summed E-state index contributed by atoms with van der Waals surface area (Å²) in [6, 6.07) is 10.1. The van der Waals surface area contributed by atoms with E-state index in [4.69, 9.17) is 17.0 Å². The highest BCUT2D eigenvalue weighted by molar-refractivity contribution is 7.82. The van der Waals surface area contributed by atoms with Gasteiger partial charge in [-0.2, -0.15) is 0 Å². The first-order valence-corrected chi connectivity index (χ1v) is 6.87. The highest BCUT2D eigenvalue weighted by Gasteiger charge is 2.19. The number of nitrogens with one attached hydrogen (secondary N) is 1. The fourth-order valence-electron chi connectivity index (χ4n) is 1.95. The lowest BCUT2D eigenvalue weighted by atomic mass is 10.1. The molecule has 0 radical (unpaired) electrons. The van der Waals surface area contributed by atoms with Gasteiger partial charge in [-0.15, -0.1) is 0 Å². The number of amides is 1. The number of rotatable bonds is 3. The molecule has 0 aromatic heterocycles. The number of carbonyl (C=O) groups is 1. The fraction of sp³-hybridized carbons (Fsp3) is 0.429. The number of thiocarbonyl (C=S) groups is 1. The molecule has 1 aliphatic heterocycles. The van der Waals surface area contributed by atoms with Crippen molar-refractivity contribution in [1.29, 1.82) is 0 Å². The SMILES string of the molecule is O=C(NCCc1ccccc1)C(=S)N1CCOCC1. The molecule has 0 atom stereocenters. The monoisotopic (exact) mass is 278 g/mol. The topological polar surface area (TPSA) is 41.6 Å². The lowest BCUT2D eigenvalue weighted by Crippen LogP contribution is -2.47. The van der Waals surface area contributed by atoms with Crippen molar-refractivity contribution in [2.24, 2.45) is 0 Å². The Morgan fingerprint density at radius 1 is 1.26 bits per heavy atom. The Labute approximate surface area is 118 Å². The van der Waals surface area contributed by atoms with Crippen LogP contribution in [0.3, 0.4) is 0 Å². The van der Waals surface area contributed by atoms with Gasteiger partial charge in [-0.05, 0) is 12.0 Å². The third-order valence-electron chi connectivity index (χ3n) is 3.03. The van der Waals surface area contributed by atoms with Crippen LogP contribution in [0.25, 0.3) is 0 Å². The Morgan fingerprint density at radius 2 is 1.95 bits per heavy atom. The first kappa shape index (κ1) is 14.0. The molecule has 1 aliphatic rings. The maximum Gasteiger partial charge on any atom is 0.278 e. The second-order valence-corrected chi connectivity index (χ2v) is 4.78. The molecule has 4 nitrogen and oxygen atoms in total. The van der Waals surface area contributed by atoms with Crippen LogP contribution in [0.15, 0.2) is 30.3 Å². The molecule has 0 unspecified atom stereocenters. The predicted octanol–water partition coefficient (Wildman–Crippen LogP) is 1.00. The van der Waals surface area contributed by atoms with Gasteiger partial charge in [-0.25, -0.2) is 0 Å². The number of hydrogen-bond donors (Lipinski definition) is 1. The molecule has 1 heterocycles. The van der Waals surface area contributed by atoms with Crippen LogP contribution in [-0.4, -0.2) is 48.6 Å². The van der Waals surface area contributed by atoms with E-state index >= 15 is 0 Å². The maximum absolute atomic E-state index is 11.9. The molecule has 102 valence electrons. The number of carbonyl (C=O) groups excluding carboxylic acids is 1. The molecule has 1 saturated heterocycles. The number of nitrogens with zero attached hydrogens (tertiary/aromatic N) is 1. The van der Waals surface area contributed by atoms with Gasteiger partial charge < -0.3 is 15.0 Å². The van der Waals surface area contributed by atoms with E-state index in [0.717, 1.165) is 6.42 Å². The van der Waals surface area contributed by atoms with E-state index in [0.29, 0.717) is 37.8 Å². The highest BCUT2D eigenvalue weighted by atomic mass is 32.1. The van der Waals surface area contributed by atoms with Crippen molar-refractivity contribution in [2.75, 3.05) is 32.8 Å². The molecule has 5 heteroatoms. The summed E-state index contributed by atoms with van der Waals surface area (Å²) in [6.07, 6.45) is 0.818. The summed E-state index contributed by atoms with van der Waals surface area (Å²) in [4.78, 5) is 14.2. The Balaban J connectivity index is 1.73.